The standard InChI is InChI=1S/C18H22IN3O/c1-22-12-15(17(19)21-22)18(23)20-16-11-7-6-10-14(16)13-8-4-2-3-5-9-13/h6-7,10-13H,2-5,8-9H2,1H3,(H,20,23). The number of nitrogens with one attached hydrogen (secondary N) is 1. The van der Waals surface area contributed by atoms with Gasteiger partial charge in [0.2, 0.25) is 0 Å². The molecule has 0 saturated heterocycles. The first-order chi connectivity index (χ1) is 11.1. The Hall–Kier alpha value is -1.37. The number of halogens is 1. The highest BCUT2D eigenvalue weighted by Crippen LogP contribution is 2.35. The molecule has 1 N–H and O–H groups in total. The van der Waals surface area contributed by atoms with Crippen molar-refractivity contribution in [2.24, 2.45) is 7.05 Å². The number of aromatic nitrogens is 2. The number of carbonyl (C=O) groups excluding carboxylic acids is 1. The average Bonchev–Trinajstić information content (AvgIpc) is 2.75. The quantitative estimate of drug-likeness (QED) is 0.574. The Kier molecular flexibility index (Phi) is 5.35. The predicted octanol–water partition coefficient (Wildman–Crippen LogP) is 4.71. The van der Waals surface area contributed by atoms with Crippen LogP contribution in [0.4, 0.5) is 5.69 Å². The molecule has 1 aromatic heterocycles. The van der Waals surface area contributed by atoms with Crippen LogP contribution in [0.1, 0.15) is 60.4 Å². The molecular weight excluding hydrogens is 401 g/mol. The number of benzene rings is 1. The summed E-state index contributed by atoms with van der Waals surface area (Å²) in [4.78, 5) is 12.6. The monoisotopic (exact) mass is 423 g/mol. The molecule has 1 heterocycles. The zero-order valence-corrected chi connectivity index (χ0v) is 15.5. The lowest BCUT2D eigenvalue weighted by atomic mass is 9.90. The third-order valence-electron chi connectivity index (χ3n) is 4.53. The molecule has 3 rings (SSSR count). The Morgan fingerprint density at radius 2 is 1.91 bits per heavy atom. The lowest BCUT2D eigenvalue weighted by Crippen LogP contribution is -2.15. The summed E-state index contributed by atoms with van der Waals surface area (Å²) >= 11 is 2.10. The molecule has 1 saturated carbocycles. The summed E-state index contributed by atoms with van der Waals surface area (Å²) in [6.45, 7) is 0. The first-order valence-electron chi connectivity index (χ1n) is 8.24. The third-order valence-corrected chi connectivity index (χ3v) is 5.33. The smallest absolute Gasteiger partial charge is 0.259 e. The molecule has 1 amide bonds. The first kappa shape index (κ1) is 16.5. The van der Waals surface area contributed by atoms with Crippen LogP contribution in [0.5, 0.6) is 0 Å². The molecule has 0 radical (unpaired) electrons. The molecule has 0 spiro atoms. The number of hydrogen-bond donors (Lipinski definition) is 1. The second kappa shape index (κ2) is 7.47. The van der Waals surface area contributed by atoms with Crippen LogP contribution in [0.2, 0.25) is 0 Å². The van der Waals surface area contributed by atoms with Gasteiger partial charge in [-0.05, 0) is 53.0 Å². The van der Waals surface area contributed by atoms with E-state index in [1.54, 1.807) is 10.9 Å². The number of aryl methyl sites for hydroxylation is 1. The van der Waals surface area contributed by atoms with Gasteiger partial charge >= 0.3 is 0 Å². The summed E-state index contributed by atoms with van der Waals surface area (Å²) in [5, 5.41) is 7.34. The molecule has 4 nitrogen and oxygen atoms in total. The molecule has 1 aromatic carbocycles. The van der Waals surface area contributed by atoms with Crippen molar-refractivity contribution >= 4 is 34.2 Å². The van der Waals surface area contributed by atoms with Crippen LogP contribution in [0.15, 0.2) is 30.5 Å². The fourth-order valence-electron chi connectivity index (χ4n) is 3.36. The normalized spacial score (nSPS) is 16.1. The van der Waals surface area contributed by atoms with E-state index in [1.165, 1.54) is 44.1 Å². The molecule has 1 aliphatic rings. The van der Waals surface area contributed by atoms with Crippen LogP contribution in [0.3, 0.4) is 0 Å². The molecule has 1 fully saturated rings. The zero-order valence-electron chi connectivity index (χ0n) is 13.4. The first-order valence-corrected chi connectivity index (χ1v) is 9.32. The van der Waals surface area contributed by atoms with Crippen molar-refractivity contribution in [3.05, 3.63) is 45.3 Å². The lowest BCUT2D eigenvalue weighted by molar-refractivity contribution is 0.102. The van der Waals surface area contributed by atoms with E-state index in [0.29, 0.717) is 11.5 Å². The number of amides is 1. The number of nitrogens with zero attached hydrogens (tertiary/aromatic N) is 2. The van der Waals surface area contributed by atoms with Crippen LogP contribution in [-0.2, 0) is 7.05 Å². The van der Waals surface area contributed by atoms with Crippen molar-refractivity contribution in [1.29, 1.82) is 0 Å². The van der Waals surface area contributed by atoms with Gasteiger partial charge in [0, 0.05) is 18.9 Å². The average molecular weight is 423 g/mol. The maximum atomic E-state index is 12.6. The van der Waals surface area contributed by atoms with Gasteiger partial charge in [-0.2, -0.15) is 5.10 Å². The highest BCUT2D eigenvalue weighted by molar-refractivity contribution is 14.1. The summed E-state index contributed by atoms with van der Waals surface area (Å²) in [6, 6.07) is 8.24. The minimum atomic E-state index is -0.0800. The molecule has 1 aliphatic carbocycles. The SMILES string of the molecule is Cn1cc(C(=O)Nc2ccccc2C2CCCCCC2)c(I)n1. The van der Waals surface area contributed by atoms with Crippen LogP contribution in [0.25, 0.3) is 0 Å². The maximum Gasteiger partial charge on any atom is 0.259 e. The van der Waals surface area contributed by atoms with Crippen molar-refractivity contribution in [2.45, 2.75) is 44.4 Å². The Morgan fingerprint density at radius 3 is 2.57 bits per heavy atom. The maximum absolute atomic E-state index is 12.6. The van der Waals surface area contributed by atoms with Gasteiger partial charge in [0.1, 0.15) is 3.70 Å². The minimum Gasteiger partial charge on any atom is -0.322 e. The van der Waals surface area contributed by atoms with Crippen LogP contribution in [-0.4, -0.2) is 15.7 Å². The number of hydrogen-bond acceptors (Lipinski definition) is 2. The Labute approximate surface area is 150 Å². The number of anilines is 1. The number of para-hydroxylation sites is 1. The number of carbonyl (C=O) groups is 1. The van der Waals surface area contributed by atoms with Crippen molar-refractivity contribution < 1.29 is 4.79 Å². The van der Waals surface area contributed by atoms with E-state index >= 15 is 0 Å². The molecule has 23 heavy (non-hydrogen) atoms. The molecule has 0 bridgehead atoms. The van der Waals surface area contributed by atoms with Gasteiger partial charge in [0.25, 0.3) is 5.91 Å². The zero-order chi connectivity index (χ0) is 16.2. The van der Waals surface area contributed by atoms with Crippen molar-refractivity contribution in [2.75, 3.05) is 5.32 Å². The van der Waals surface area contributed by atoms with Crippen molar-refractivity contribution in [3.63, 3.8) is 0 Å². The van der Waals surface area contributed by atoms with E-state index in [2.05, 4.69) is 45.1 Å². The largest absolute Gasteiger partial charge is 0.322 e. The third kappa shape index (κ3) is 3.94. The van der Waals surface area contributed by atoms with Gasteiger partial charge < -0.3 is 5.32 Å². The number of rotatable bonds is 3. The molecule has 0 unspecified atom stereocenters. The van der Waals surface area contributed by atoms with E-state index in [-0.39, 0.29) is 5.91 Å². The summed E-state index contributed by atoms with van der Waals surface area (Å²) in [5.41, 5.74) is 2.86. The summed E-state index contributed by atoms with van der Waals surface area (Å²) in [7, 11) is 1.83. The van der Waals surface area contributed by atoms with E-state index in [0.717, 1.165) is 9.39 Å². The molecule has 2 aromatic rings. The topological polar surface area (TPSA) is 46.9 Å². The van der Waals surface area contributed by atoms with Crippen LogP contribution >= 0.6 is 22.6 Å². The minimum absolute atomic E-state index is 0.0800. The Morgan fingerprint density at radius 1 is 1.22 bits per heavy atom. The van der Waals surface area contributed by atoms with Gasteiger partial charge in [-0.25, -0.2) is 0 Å². The Bertz CT molecular complexity index is 687. The van der Waals surface area contributed by atoms with Gasteiger partial charge in [-0.3, -0.25) is 9.48 Å². The molecule has 0 atom stereocenters. The molecular formula is C18H22IN3O. The van der Waals surface area contributed by atoms with Crippen LogP contribution < -0.4 is 5.32 Å². The molecule has 0 aliphatic heterocycles. The van der Waals surface area contributed by atoms with E-state index in [9.17, 15) is 4.79 Å². The molecule has 122 valence electrons. The second-order valence-electron chi connectivity index (χ2n) is 6.24. The summed E-state index contributed by atoms with van der Waals surface area (Å²) < 4.78 is 2.41. The lowest BCUT2D eigenvalue weighted by Gasteiger charge is -2.19. The fraction of sp³-hybridized carbons (Fsp3) is 0.444. The van der Waals surface area contributed by atoms with Gasteiger partial charge in [0.05, 0.1) is 5.56 Å². The van der Waals surface area contributed by atoms with Crippen LogP contribution in [0, 0.1) is 3.70 Å². The fourth-order valence-corrected chi connectivity index (χ4v) is 4.09. The van der Waals surface area contributed by atoms with E-state index < -0.39 is 0 Å². The van der Waals surface area contributed by atoms with E-state index in [1.807, 2.05) is 19.2 Å². The van der Waals surface area contributed by atoms with Crippen molar-refractivity contribution in [3.8, 4) is 0 Å². The Balaban J connectivity index is 1.82. The van der Waals surface area contributed by atoms with Crippen molar-refractivity contribution in [1.82, 2.24) is 9.78 Å². The second-order valence-corrected chi connectivity index (χ2v) is 7.26. The predicted molar refractivity (Wildman–Crippen MR) is 101 cm³/mol. The van der Waals surface area contributed by atoms with Gasteiger partial charge in [-0.1, -0.05) is 43.9 Å². The highest BCUT2D eigenvalue weighted by atomic mass is 127. The van der Waals surface area contributed by atoms with Gasteiger partial charge in [-0.15, -0.1) is 0 Å². The summed E-state index contributed by atoms with van der Waals surface area (Å²) in [6.07, 6.45) is 9.44. The summed E-state index contributed by atoms with van der Waals surface area (Å²) in [5.74, 6) is 0.477. The molecule has 5 heteroatoms. The van der Waals surface area contributed by atoms with E-state index in [4.69, 9.17) is 0 Å². The highest BCUT2D eigenvalue weighted by Gasteiger charge is 2.20. The van der Waals surface area contributed by atoms with Gasteiger partial charge in [0.15, 0.2) is 0 Å².